The third-order valence-electron chi connectivity index (χ3n) is 6.67. The molecule has 1 aromatic heterocycles. The van der Waals surface area contributed by atoms with Gasteiger partial charge in [0.2, 0.25) is 0 Å². The molecule has 0 spiro atoms. The summed E-state index contributed by atoms with van der Waals surface area (Å²) >= 11 is 1.61. The Kier molecular flexibility index (Phi) is 6.12. The number of amides is 1. The fourth-order valence-corrected chi connectivity index (χ4v) is 6.05. The standard InChI is InChI=1S/C24H30N4OS/c1-16-7-8-19-20(14-25)24(30-22(19)13-16)26-23(29)15-27-9-11-28(12-10-27)21-6-4-5-17(2)18(21)3/h4-6,16H,7-13,15H2,1-3H3,(H,26,29)/p+1/t16-/m1/s1. The number of fused-ring (bicyclic) bond motifs is 1. The average molecular weight is 424 g/mol. The maximum Gasteiger partial charge on any atom is 0.280 e. The van der Waals surface area contributed by atoms with Crippen molar-refractivity contribution in [3.8, 4) is 6.07 Å². The Morgan fingerprint density at radius 2 is 2.10 bits per heavy atom. The largest absolute Gasteiger partial charge is 0.360 e. The van der Waals surface area contributed by atoms with Crippen molar-refractivity contribution in [2.45, 2.75) is 40.0 Å². The second kappa shape index (κ2) is 8.79. The maximum absolute atomic E-state index is 12.7. The van der Waals surface area contributed by atoms with Gasteiger partial charge in [0.15, 0.2) is 6.54 Å². The van der Waals surface area contributed by atoms with E-state index in [1.165, 1.54) is 32.2 Å². The van der Waals surface area contributed by atoms with E-state index in [0.29, 0.717) is 18.0 Å². The maximum atomic E-state index is 12.7. The van der Waals surface area contributed by atoms with Crippen molar-refractivity contribution in [3.05, 3.63) is 45.3 Å². The number of carbonyl (C=O) groups excluding carboxylic acids is 1. The highest BCUT2D eigenvalue weighted by Crippen LogP contribution is 2.39. The number of aryl methyl sites for hydroxylation is 1. The summed E-state index contributed by atoms with van der Waals surface area (Å²) in [6.45, 7) is 10.9. The molecule has 1 aromatic carbocycles. The molecule has 0 radical (unpaired) electrons. The lowest BCUT2D eigenvalue weighted by molar-refractivity contribution is -0.892. The molecule has 6 heteroatoms. The van der Waals surface area contributed by atoms with Crippen molar-refractivity contribution in [1.29, 1.82) is 5.26 Å². The van der Waals surface area contributed by atoms with Gasteiger partial charge in [-0.15, -0.1) is 11.3 Å². The van der Waals surface area contributed by atoms with E-state index in [1.807, 2.05) is 0 Å². The van der Waals surface area contributed by atoms with Crippen LogP contribution < -0.4 is 15.1 Å². The third kappa shape index (κ3) is 4.23. The van der Waals surface area contributed by atoms with Gasteiger partial charge in [-0.05, 0) is 61.8 Å². The smallest absolute Gasteiger partial charge is 0.280 e. The normalized spacial score (nSPS) is 19.3. The molecule has 4 rings (SSSR count). The summed E-state index contributed by atoms with van der Waals surface area (Å²) in [6, 6.07) is 8.82. The van der Waals surface area contributed by atoms with Gasteiger partial charge in [0.1, 0.15) is 11.1 Å². The number of nitrogens with zero attached hydrogens (tertiary/aromatic N) is 2. The summed E-state index contributed by atoms with van der Waals surface area (Å²) < 4.78 is 0. The third-order valence-corrected chi connectivity index (χ3v) is 7.84. The molecule has 2 aromatic rings. The van der Waals surface area contributed by atoms with Crippen molar-refractivity contribution in [2.75, 3.05) is 42.9 Å². The Morgan fingerprint density at radius 1 is 1.33 bits per heavy atom. The summed E-state index contributed by atoms with van der Waals surface area (Å²) in [7, 11) is 0. The molecule has 1 amide bonds. The molecule has 30 heavy (non-hydrogen) atoms. The quantitative estimate of drug-likeness (QED) is 0.795. The molecule has 1 fully saturated rings. The molecular formula is C24H31N4OS+. The van der Waals surface area contributed by atoms with Crippen molar-refractivity contribution >= 4 is 27.9 Å². The average Bonchev–Trinajstić information content (AvgIpc) is 3.06. The van der Waals surface area contributed by atoms with Crippen molar-refractivity contribution in [2.24, 2.45) is 5.92 Å². The lowest BCUT2D eigenvalue weighted by atomic mass is 9.89. The summed E-state index contributed by atoms with van der Waals surface area (Å²) in [5, 5.41) is 13.5. The molecule has 2 heterocycles. The first-order valence-corrected chi connectivity index (χ1v) is 11.8. The van der Waals surface area contributed by atoms with Gasteiger partial charge in [-0.25, -0.2) is 0 Å². The molecule has 1 atom stereocenters. The molecule has 1 aliphatic heterocycles. The van der Waals surface area contributed by atoms with Crippen LogP contribution in [0.15, 0.2) is 18.2 Å². The zero-order valence-electron chi connectivity index (χ0n) is 18.2. The van der Waals surface area contributed by atoms with E-state index < -0.39 is 0 Å². The molecule has 1 aliphatic carbocycles. The predicted octanol–water partition coefficient (Wildman–Crippen LogP) is 2.71. The number of nitriles is 1. The summed E-state index contributed by atoms with van der Waals surface area (Å²) in [5.74, 6) is 0.678. The van der Waals surface area contributed by atoms with Crippen LogP contribution in [-0.4, -0.2) is 38.6 Å². The zero-order valence-corrected chi connectivity index (χ0v) is 19.0. The van der Waals surface area contributed by atoms with Gasteiger partial charge in [0.05, 0.1) is 31.7 Å². The number of carbonyl (C=O) groups is 1. The summed E-state index contributed by atoms with van der Waals surface area (Å²) in [5.41, 5.74) is 5.85. The highest BCUT2D eigenvalue weighted by atomic mass is 32.1. The summed E-state index contributed by atoms with van der Waals surface area (Å²) in [6.07, 6.45) is 3.11. The Bertz CT molecular complexity index is 982. The van der Waals surface area contributed by atoms with E-state index in [-0.39, 0.29) is 5.91 Å². The van der Waals surface area contributed by atoms with Crippen LogP contribution in [0.4, 0.5) is 10.7 Å². The number of benzene rings is 1. The van der Waals surface area contributed by atoms with Crippen LogP contribution in [-0.2, 0) is 17.6 Å². The first-order chi connectivity index (χ1) is 14.5. The van der Waals surface area contributed by atoms with Crippen LogP contribution >= 0.6 is 11.3 Å². The minimum absolute atomic E-state index is 0.0216. The molecule has 158 valence electrons. The number of hydrogen-bond donors (Lipinski definition) is 2. The van der Waals surface area contributed by atoms with Crippen LogP contribution in [0.2, 0.25) is 0 Å². The van der Waals surface area contributed by atoms with E-state index >= 15 is 0 Å². The van der Waals surface area contributed by atoms with Gasteiger partial charge < -0.3 is 15.1 Å². The number of piperazine rings is 1. The Balaban J connectivity index is 1.35. The summed E-state index contributed by atoms with van der Waals surface area (Å²) in [4.78, 5) is 17.8. The molecular weight excluding hydrogens is 392 g/mol. The Morgan fingerprint density at radius 3 is 2.83 bits per heavy atom. The number of nitrogens with one attached hydrogen (secondary N) is 2. The van der Waals surface area contributed by atoms with Crippen molar-refractivity contribution in [3.63, 3.8) is 0 Å². The lowest BCUT2D eigenvalue weighted by Crippen LogP contribution is -3.15. The lowest BCUT2D eigenvalue weighted by Gasteiger charge is -2.34. The fraction of sp³-hybridized carbons (Fsp3) is 0.500. The first-order valence-electron chi connectivity index (χ1n) is 11.0. The topological polar surface area (TPSA) is 60.6 Å². The van der Waals surface area contributed by atoms with Crippen LogP contribution in [0.1, 0.15) is 40.5 Å². The van der Waals surface area contributed by atoms with E-state index in [1.54, 1.807) is 11.3 Å². The van der Waals surface area contributed by atoms with Crippen LogP contribution in [0, 0.1) is 31.1 Å². The number of anilines is 2. The number of thiophene rings is 1. The van der Waals surface area contributed by atoms with Crippen molar-refractivity contribution < 1.29 is 9.69 Å². The SMILES string of the molecule is Cc1cccc(N2CC[NH+](CC(=O)Nc3sc4c(c3C#N)CC[C@@H](C)C4)CC2)c1C. The van der Waals surface area contributed by atoms with E-state index in [9.17, 15) is 10.1 Å². The van der Waals surface area contributed by atoms with Crippen LogP contribution in [0.25, 0.3) is 0 Å². The first kappa shape index (κ1) is 20.9. The molecule has 0 unspecified atom stereocenters. The molecule has 0 saturated carbocycles. The molecule has 2 N–H and O–H groups in total. The monoisotopic (exact) mass is 423 g/mol. The van der Waals surface area contributed by atoms with E-state index in [0.717, 1.165) is 50.4 Å². The Labute approximate surface area is 183 Å². The number of rotatable bonds is 4. The highest BCUT2D eigenvalue weighted by Gasteiger charge is 2.27. The second-order valence-corrected chi connectivity index (χ2v) is 9.95. The fourth-order valence-electron chi connectivity index (χ4n) is 4.67. The van der Waals surface area contributed by atoms with Crippen molar-refractivity contribution in [1.82, 2.24) is 0 Å². The van der Waals surface area contributed by atoms with Gasteiger partial charge in [0, 0.05) is 10.6 Å². The number of hydrogen-bond acceptors (Lipinski definition) is 4. The van der Waals surface area contributed by atoms with Gasteiger partial charge in [0.25, 0.3) is 5.91 Å². The highest BCUT2D eigenvalue weighted by molar-refractivity contribution is 7.16. The molecule has 5 nitrogen and oxygen atoms in total. The molecule has 1 saturated heterocycles. The predicted molar refractivity (Wildman–Crippen MR) is 123 cm³/mol. The van der Waals surface area contributed by atoms with E-state index in [2.05, 4.69) is 55.3 Å². The van der Waals surface area contributed by atoms with E-state index in [4.69, 9.17) is 0 Å². The number of quaternary nitrogens is 1. The second-order valence-electron chi connectivity index (χ2n) is 8.85. The zero-order chi connectivity index (χ0) is 21.3. The van der Waals surface area contributed by atoms with Gasteiger partial charge >= 0.3 is 0 Å². The van der Waals surface area contributed by atoms with Crippen LogP contribution in [0.3, 0.4) is 0 Å². The molecule has 2 aliphatic rings. The van der Waals surface area contributed by atoms with Crippen LogP contribution in [0.5, 0.6) is 0 Å². The minimum Gasteiger partial charge on any atom is -0.360 e. The van der Waals surface area contributed by atoms with Gasteiger partial charge in [-0.3, -0.25) is 4.79 Å². The molecule has 0 bridgehead atoms. The Hall–Kier alpha value is -2.36. The van der Waals surface area contributed by atoms with Gasteiger partial charge in [-0.2, -0.15) is 5.26 Å². The van der Waals surface area contributed by atoms with Gasteiger partial charge in [-0.1, -0.05) is 19.1 Å². The minimum atomic E-state index is 0.0216.